The lowest BCUT2D eigenvalue weighted by Gasteiger charge is -2.12. The van der Waals surface area contributed by atoms with E-state index >= 15 is 0 Å². The Hall–Kier alpha value is -2.93. The first kappa shape index (κ1) is 15.5. The summed E-state index contributed by atoms with van der Waals surface area (Å²) in [6.45, 7) is 0.581. The number of hydrogen-bond donors (Lipinski definition) is 2. The predicted octanol–water partition coefficient (Wildman–Crippen LogP) is 2.40. The molecule has 0 heterocycles. The summed E-state index contributed by atoms with van der Waals surface area (Å²) in [6.07, 6.45) is 5.40. The van der Waals surface area contributed by atoms with E-state index in [0.717, 1.165) is 16.8 Å². The molecule has 2 rings (SSSR count). The average molecular weight is 294 g/mol. The number of ether oxygens (including phenoxy) is 1. The third-order valence-corrected chi connectivity index (χ3v) is 3.12. The van der Waals surface area contributed by atoms with Crippen LogP contribution in [0.15, 0.2) is 48.5 Å². The monoisotopic (exact) mass is 294 g/mol. The molecule has 0 fully saturated rings. The van der Waals surface area contributed by atoms with E-state index in [1.807, 2.05) is 48.5 Å². The van der Waals surface area contributed by atoms with Gasteiger partial charge < -0.3 is 15.4 Å². The highest BCUT2D eigenvalue weighted by molar-refractivity contribution is 5.77. The maximum absolute atomic E-state index is 11.3. The highest BCUT2D eigenvalue weighted by atomic mass is 16.5. The number of para-hydroxylation sites is 1. The minimum atomic E-state index is -0.163. The summed E-state index contributed by atoms with van der Waals surface area (Å²) in [6, 6.07) is 15.3. The molecule has 2 N–H and O–H groups in total. The van der Waals surface area contributed by atoms with E-state index in [2.05, 4.69) is 16.6 Å². The fourth-order valence-electron chi connectivity index (χ4n) is 1.92. The summed E-state index contributed by atoms with van der Waals surface area (Å²) < 4.78 is 5.54. The van der Waals surface area contributed by atoms with Crippen LogP contribution in [0.4, 0.5) is 5.69 Å². The van der Waals surface area contributed by atoms with Crippen LogP contribution in [0.5, 0.6) is 5.75 Å². The van der Waals surface area contributed by atoms with E-state index < -0.39 is 0 Å². The smallest absolute Gasteiger partial charge is 0.257 e. The van der Waals surface area contributed by atoms with Crippen molar-refractivity contribution >= 4 is 11.6 Å². The molecule has 2 aromatic carbocycles. The first-order valence-electron chi connectivity index (χ1n) is 6.94. The van der Waals surface area contributed by atoms with Crippen LogP contribution in [0, 0.1) is 12.3 Å². The Kier molecular flexibility index (Phi) is 5.44. The van der Waals surface area contributed by atoms with Crippen molar-refractivity contribution in [1.29, 1.82) is 0 Å². The molecule has 4 heteroatoms. The number of anilines is 1. The van der Waals surface area contributed by atoms with Crippen LogP contribution in [-0.2, 0) is 11.3 Å². The predicted molar refractivity (Wildman–Crippen MR) is 87.7 cm³/mol. The van der Waals surface area contributed by atoms with E-state index in [-0.39, 0.29) is 12.5 Å². The van der Waals surface area contributed by atoms with E-state index in [4.69, 9.17) is 11.2 Å². The normalized spacial score (nSPS) is 9.64. The lowest BCUT2D eigenvalue weighted by atomic mass is 10.1. The molecule has 2 aromatic rings. The molecule has 0 spiro atoms. The molecular formula is C18H18N2O2. The fraction of sp³-hybridized carbons (Fsp3) is 0.167. The zero-order valence-electron chi connectivity index (χ0n) is 12.4. The van der Waals surface area contributed by atoms with Crippen molar-refractivity contribution in [2.45, 2.75) is 6.54 Å². The topological polar surface area (TPSA) is 50.4 Å². The van der Waals surface area contributed by atoms with Crippen LogP contribution in [0.25, 0.3) is 0 Å². The summed E-state index contributed by atoms with van der Waals surface area (Å²) in [4.78, 5) is 11.3. The van der Waals surface area contributed by atoms with Crippen molar-refractivity contribution in [2.75, 3.05) is 19.0 Å². The molecule has 22 heavy (non-hydrogen) atoms. The van der Waals surface area contributed by atoms with Gasteiger partial charge in [0.05, 0.1) is 0 Å². The minimum Gasteiger partial charge on any atom is -0.483 e. The first-order chi connectivity index (χ1) is 10.7. The highest BCUT2D eigenvalue weighted by Gasteiger charge is 2.05. The Labute approximate surface area is 130 Å². The number of terminal acetylenes is 1. The Morgan fingerprint density at radius 1 is 1.23 bits per heavy atom. The zero-order valence-corrected chi connectivity index (χ0v) is 12.4. The van der Waals surface area contributed by atoms with Gasteiger partial charge in [0.2, 0.25) is 0 Å². The van der Waals surface area contributed by atoms with Gasteiger partial charge in [-0.05, 0) is 24.3 Å². The average Bonchev–Trinajstić information content (AvgIpc) is 2.58. The molecule has 1 amide bonds. The number of carbonyl (C=O) groups excluding carboxylic acids is 1. The summed E-state index contributed by atoms with van der Waals surface area (Å²) in [7, 11) is 1.58. The Bertz CT molecular complexity index is 689. The van der Waals surface area contributed by atoms with Crippen LogP contribution in [0.1, 0.15) is 11.1 Å². The SMILES string of the molecule is C#Cc1cccc(NCc2ccccc2OCC(=O)NC)c1. The van der Waals surface area contributed by atoms with Crippen molar-refractivity contribution < 1.29 is 9.53 Å². The maximum Gasteiger partial charge on any atom is 0.257 e. The molecule has 0 aromatic heterocycles. The molecule has 0 saturated heterocycles. The Balaban J connectivity index is 2.03. The third kappa shape index (κ3) is 4.29. The second-order valence-electron chi connectivity index (χ2n) is 4.65. The zero-order chi connectivity index (χ0) is 15.8. The number of rotatable bonds is 6. The Morgan fingerprint density at radius 3 is 2.82 bits per heavy atom. The largest absolute Gasteiger partial charge is 0.483 e. The van der Waals surface area contributed by atoms with Gasteiger partial charge in [-0.15, -0.1) is 6.42 Å². The molecule has 112 valence electrons. The number of benzene rings is 2. The van der Waals surface area contributed by atoms with E-state index in [1.54, 1.807) is 7.05 Å². The number of carbonyl (C=O) groups is 1. The molecular weight excluding hydrogens is 276 g/mol. The summed E-state index contributed by atoms with van der Waals surface area (Å²) in [5.74, 6) is 3.13. The molecule has 4 nitrogen and oxygen atoms in total. The Morgan fingerprint density at radius 2 is 2.05 bits per heavy atom. The van der Waals surface area contributed by atoms with E-state index in [1.165, 1.54) is 0 Å². The number of amides is 1. The standard InChI is InChI=1S/C18H18N2O2/c1-3-14-7-6-9-16(11-14)20-12-15-8-4-5-10-17(15)22-13-18(21)19-2/h1,4-11,20H,12-13H2,2H3,(H,19,21). The van der Waals surface area contributed by atoms with Crippen LogP contribution >= 0.6 is 0 Å². The van der Waals surface area contributed by atoms with Crippen LogP contribution in [0.2, 0.25) is 0 Å². The van der Waals surface area contributed by atoms with Crippen molar-refractivity contribution in [3.63, 3.8) is 0 Å². The number of likely N-dealkylation sites (N-methyl/N-ethyl adjacent to an activating group) is 1. The van der Waals surface area contributed by atoms with Crippen molar-refractivity contribution in [2.24, 2.45) is 0 Å². The minimum absolute atomic E-state index is 0.0000913. The molecule has 0 aliphatic carbocycles. The lowest BCUT2D eigenvalue weighted by molar-refractivity contribution is -0.122. The van der Waals surface area contributed by atoms with Gasteiger partial charge >= 0.3 is 0 Å². The lowest BCUT2D eigenvalue weighted by Crippen LogP contribution is -2.25. The van der Waals surface area contributed by atoms with Crippen LogP contribution in [-0.4, -0.2) is 19.6 Å². The second-order valence-corrected chi connectivity index (χ2v) is 4.65. The van der Waals surface area contributed by atoms with Gasteiger partial charge in [0.15, 0.2) is 6.61 Å². The quantitative estimate of drug-likeness (QED) is 0.804. The van der Waals surface area contributed by atoms with E-state index in [0.29, 0.717) is 12.3 Å². The van der Waals surface area contributed by atoms with Gasteiger partial charge in [-0.2, -0.15) is 0 Å². The molecule has 0 radical (unpaired) electrons. The van der Waals surface area contributed by atoms with Gasteiger partial charge in [0, 0.05) is 30.4 Å². The number of nitrogens with one attached hydrogen (secondary N) is 2. The van der Waals surface area contributed by atoms with E-state index in [9.17, 15) is 4.79 Å². The van der Waals surface area contributed by atoms with Crippen molar-refractivity contribution in [3.8, 4) is 18.1 Å². The third-order valence-electron chi connectivity index (χ3n) is 3.12. The van der Waals surface area contributed by atoms with Gasteiger partial charge in [-0.1, -0.05) is 30.2 Å². The fourth-order valence-corrected chi connectivity index (χ4v) is 1.92. The summed E-state index contributed by atoms with van der Waals surface area (Å²) >= 11 is 0. The maximum atomic E-state index is 11.3. The molecule has 0 unspecified atom stereocenters. The number of hydrogen-bond acceptors (Lipinski definition) is 3. The molecule has 0 saturated carbocycles. The van der Waals surface area contributed by atoms with Crippen LogP contribution < -0.4 is 15.4 Å². The first-order valence-corrected chi connectivity index (χ1v) is 6.94. The van der Waals surface area contributed by atoms with Crippen molar-refractivity contribution in [3.05, 3.63) is 59.7 Å². The van der Waals surface area contributed by atoms with Gasteiger partial charge in [-0.3, -0.25) is 4.79 Å². The summed E-state index contributed by atoms with van der Waals surface area (Å²) in [5, 5.41) is 5.83. The molecule has 0 bridgehead atoms. The van der Waals surface area contributed by atoms with Gasteiger partial charge in [-0.25, -0.2) is 0 Å². The molecule has 0 atom stereocenters. The van der Waals surface area contributed by atoms with Crippen molar-refractivity contribution in [1.82, 2.24) is 5.32 Å². The summed E-state index contributed by atoms with van der Waals surface area (Å²) in [5.41, 5.74) is 2.74. The van der Waals surface area contributed by atoms with Gasteiger partial charge in [0.1, 0.15) is 5.75 Å². The van der Waals surface area contributed by atoms with Crippen LogP contribution in [0.3, 0.4) is 0 Å². The molecule has 0 aliphatic rings. The molecule has 0 aliphatic heterocycles. The second kappa shape index (κ2) is 7.75. The highest BCUT2D eigenvalue weighted by Crippen LogP contribution is 2.20. The van der Waals surface area contributed by atoms with Gasteiger partial charge in [0.25, 0.3) is 5.91 Å².